The molecule has 0 bridgehead atoms. The van der Waals surface area contributed by atoms with E-state index in [0.29, 0.717) is 19.3 Å². The van der Waals surface area contributed by atoms with Gasteiger partial charge >= 0.3 is 17.9 Å². The zero-order chi connectivity index (χ0) is 58.5. The van der Waals surface area contributed by atoms with Gasteiger partial charge in [-0.25, -0.2) is 0 Å². The lowest BCUT2D eigenvalue weighted by Crippen LogP contribution is -2.30. The SMILES string of the molecule is CC/C=C\C/C=C\C/C=C\C/C=C\C/C=C\CCCC(=O)OC(COC(=O)CCCCCCCCCCCCCCCC)COC(=O)CCCCCCCCCCCCCCCCCCCCCCCCCCCCCCCCCC. The van der Waals surface area contributed by atoms with Gasteiger partial charge in [0, 0.05) is 19.3 Å². The standard InChI is InChI=1S/C75H136O6/c1-4-7-10-13-16-19-22-25-28-30-31-32-33-34-35-36-37-38-39-40-41-42-43-44-46-47-50-53-56-59-62-65-68-74(77)80-71-72(70-79-73(76)67-64-61-58-55-52-49-27-24-21-18-15-12-9-6-3)81-75(78)69-66-63-60-57-54-51-48-45-29-26-23-20-17-14-11-8-5-2/h8,11,17,20,26,29,48,51,57,60,72H,4-7,9-10,12-16,18-19,21-25,27-28,30-47,49-50,52-56,58-59,61-71H2,1-3H3/b11-8-,20-17-,29-26-,51-48-,60-57-. The first kappa shape index (κ1) is 78.1. The summed E-state index contributed by atoms with van der Waals surface area (Å²) in [5, 5.41) is 0. The second-order valence-corrected chi connectivity index (χ2v) is 24.1. The summed E-state index contributed by atoms with van der Waals surface area (Å²) in [7, 11) is 0. The van der Waals surface area contributed by atoms with Crippen molar-refractivity contribution in [1.29, 1.82) is 0 Å². The Morgan fingerprint density at radius 3 is 0.741 bits per heavy atom. The summed E-state index contributed by atoms with van der Waals surface area (Å²) in [6.45, 7) is 6.54. The van der Waals surface area contributed by atoms with Crippen molar-refractivity contribution in [2.75, 3.05) is 13.2 Å². The van der Waals surface area contributed by atoms with Gasteiger partial charge in [0.25, 0.3) is 0 Å². The maximum atomic E-state index is 12.9. The molecule has 1 atom stereocenters. The molecule has 0 aliphatic rings. The van der Waals surface area contributed by atoms with Crippen molar-refractivity contribution >= 4 is 17.9 Å². The van der Waals surface area contributed by atoms with Crippen LogP contribution in [0, 0.1) is 0 Å². The number of hydrogen-bond acceptors (Lipinski definition) is 6. The van der Waals surface area contributed by atoms with E-state index in [9.17, 15) is 14.4 Å². The maximum absolute atomic E-state index is 12.9. The van der Waals surface area contributed by atoms with Crippen LogP contribution in [0.3, 0.4) is 0 Å². The van der Waals surface area contributed by atoms with Crippen LogP contribution in [-0.4, -0.2) is 37.2 Å². The molecule has 0 aromatic rings. The molecular formula is C75H136O6. The molecule has 0 radical (unpaired) electrons. The van der Waals surface area contributed by atoms with Gasteiger partial charge in [0.2, 0.25) is 0 Å². The summed E-state index contributed by atoms with van der Waals surface area (Å²) < 4.78 is 16.9. The third-order valence-corrected chi connectivity index (χ3v) is 16.0. The normalized spacial score (nSPS) is 12.4. The topological polar surface area (TPSA) is 78.9 Å². The molecule has 6 heteroatoms. The average molecular weight is 1130 g/mol. The van der Waals surface area contributed by atoms with Crippen LogP contribution in [0.25, 0.3) is 0 Å². The average Bonchev–Trinajstić information content (AvgIpc) is 3.47. The summed E-state index contributed by atoms with van der Waals surface area (Å²) in [6.07, 6.45) is 90.0. The molecule has 0 aromatic carbocycles. The fraction of sp³-hybridized carbons (Fsp3) is 0.827. The largest absolute Gasteiger partial charge is 0.462 e. The number of carbonyl (C=O) groups is 3. The molecule has 0 rings (SSSR count). The minimum absolute atomic E-state index is 0.0921. The Kier molecular flexibility index (Phi) is 67.1. The Bertz CT molecular complexity index is 1440. The fourth-order valence-corrected chi connectivity index (χ4v) is 10.7. The molecule has 0 saturated carbocycles. The van der Waals surface area contributed by atoms with Crippen LogP contribution in [0.5, 0.6) is 0 Å². The highest BCUT2D eigenvalue weighted by Crippen LogP contribution is 2.19. The molecule has 0 heterocycles. The first-order chi connectivity index (χ1) is 40.0. The molecule has 0 fully saturated rings. The van der Waals surface area contributed by atoms with E-state index in [1.807, 2.05) is 0 Å². The van der Waals surface area contributed by atoms with Gasteiger partial charge in [-0.15, -0.1) is 0 Å². The van der Waals surface area contributed by atoms with Crippen LogP contribution < -0.4 is 0 Å². The van der Waals surface area contributed by atoms with E-state index in [-0.39, 0.29) is 37.5 Å². The van der Waals surface area contributed by atoms with Gasteiger partial charge in [0.1, 0.15) is 13.2 Å². The van der Waals surface area contributed by atoms with Crippen molar-refractivity contribution in [2.24, 2.45) is 0 Å². The molecule has 472 valence electrons. The minimum Gasteiger partial charge on any atom is -0.462 e. The number of unbranched alkanes of at least 4 members (excludes halogenated alkanes) is 45. The smallest absolute Gasteiger partial charge is 0.306 e. The van der Waals surface area contributed by atoms with Gasteiger partial charge in [-0.2, -0.15) is 0 Å². The van der Waals surface area contributed by atoms with Crippen molar-refractivity contribution in [3.63, 3.8) is 0 Å². The second-order valence-electron chi connectivity index (χ2n) is 24.1. The molecule has 6 nitrogen and oxygen atoms in total. The fourth-order valence-electron chi connectivity index (χ4n) is 10.7. The second kappa shape index (κ2) is 69.6. The van der Waals surface area contributed by atoms with Crippen molar-refractivity contribution in [3.8, 4) is 0 Å². The summed E-state index contributed by atoms with van der Waals surface area (Å²) >= 11 is 0. The summed E-state index contributed by atoms with van der Waals surface area (Å²) in [5.41, 5.74) is 0. The van der Waals surface area contributed by atoms with Gasteiger partial charge in [-0.1, -0.05) is 364 Å². The molecule has 0 aliphatic heterocycles. The molecule has 0 amide bonds. The Balaban J connectivity index is 4.18. The van der Waals surface area contributed by atoms with Gasteiger partial charge in [0.15, 0.2) is 6.10 Å². The number of hydrogen-bond donors (Lipinski definition) is 0. The van der Waals surface area contributed by atoms with E-state index >= 15 is 0 Å². The molecule has 0 saturated heterocycles. The van der Waals surface area contributed by atoms with E-state index < -0.39 is 6.10 Å². The molecule has 1 unspecified atom stereocenters. The molecule has 0 aromatic heterocycles. The van der Waals surface area contributed by atoms with Crippen molar-refractivity contribution in [2.45, 2.75) is 386 Å². The van der Waals surface area contributed by atoms with Gasteiger partial charge in [-0.05, 0) is 57.8 Å². The van der Waals surface area contributed by atoms with Crippen LogP contribution in [0.15, 0.2) is 60.8 Å². The maximum Gasteiger partial charge on any atom is 0.306 e. The van der Waals surface area contributed by atoms with Crippen molar-refractivity contribution in [3.05, 3.63) is 60.8 Å². The predicted octanol–water partition coefficient (Wildman–Crippen LogP) is 24.7. The number of carbonyl (C=O) groups excluding carboxylic acids is 3. The first-order valence-corrected chi connectivity index (χ1v) is 35.8. The number of allylic oxidation sites excluding steroid dienone is 10. The van der Waals surface area contributed by atoms with E-state index in [0.717, 1.165) is 77.0 Å². The quantitative estimate of drug-likeness (QED) is 0.0261. The molecule has 0 N–H and O–H groups in total. The van der Waals surface area contributed by atoms with Crippen LogP contribution in [0.1, 0.15) is 380 Å². The lowest BCUT2D eigenvalue weighted by molar-refractivity contribution is -0.167. The van der Waals surface area contributed by atoms with Crippen molar-refractivity contribution in [1.82, 2.24) is 0 Å². The zero-order valence-electron chi connectivity index (χ0n) is 54.3. The highest BCUT2D eigenvalue weighted by molar-refractivity contribution is 5.71. The Labute approximate surface area is 504 Å². The Morgan fingerprint density at radius 1 is 0.259 bits per heavy atom. The zero-order valence-corrected chi connectivity index (χ0v) is 54.3. The third-order valence-electron chi connectivity index (χ3n) is 16.0. The Morgan fingerprint density at radius 2 is 0.481 bits per heavy atom. The highest BCUT2D eigenvalue weighted by Gasteiger charge is 2.19. The first-order valence-electron chi connectivity index (χ1n) is 35.8. The van der Waals surface area contributed by atoms with Crippen molar-refractivity contribution < 1.29 is 28.6 Å². The van der Waals surface area contributed by atoms with E-state index in [1.165, 1.54) is 257 Å². The number of esters is 3. The lowest BCUT2D eigenvalue weighted by atomic mass is 10.0. The van der Waals surface area contributed by atoms with Gasteiger partial charge in [0.05, 0.1) is 0 Å². The third kappa shape index (κ3) is 67.8. The van der Waals surface area contributed by atoms with E-state index in [4.69, 9.17) is 14.2 Å². The summed E-state index contributed by atoms with van der Waals surface area (Å²) in [5.74, 6) is -0.928. The number of ether oxygens (including phenoxy) is 3. The van der Waals surface area contributed by atoms with Crippen LogP contribution in [0.2, 0.25) is 0 Å². The highest BCUT2D eigenvalue weighted by atomic mass is 16.6. The minimum atomic E-state index is -0.802. The van der Waals surface area contributed by atoms with Gasteiger partial charge < -0.3 is 14.2 Å². The molecule has 0 aliphatic carbocycles. The van der Waals surface area contributed by atoms with Crippen LogP contribution in [-0.2, 0) is 28.6 Å². The van der Waals surface area contributed by atoms with Gasteiger partial charge in [-0.3, -0.25) is 14.4 Å². The predicted molar refractivity (Wildman–Crippen MR) is 353 cm³/mol. The van der Waals surface area contributed by atoms with E-state index in [2.05, 4.69) is 81.5 Å². The van der Waals surface area contributed by atoms with E-state index in [1.54, 1.807) is 0 Å². The number of rotatable bonds is 66. The molecule has 0 spiro atoms. The molecule has 81 heavy (non-hydrogen) atoms. The van der Waals surface area contributed by atoms with Crippen LogP contribution >= 0.6 is 0 Å². The lowest BCUT2D eigenvalue weighted by Gasteiger charge is -2.18. The summed E-state index contributed by atoms with van der Waals surface area (Å²) in [4.78, 5) is 38.3. The summed E-state index contributed by atoms with van der Waals surface area (Å²) in [6, 6.07) is 0. The molecular weight excluding hydrogens is 997 g/mol. The monoisotopic (exact) mass is 1130 g/mol. The Hall–Kier alpha value is -2.89. The van der Waals surface area contributed by atoms with Crippen LogP contribution in [0.4, 0.5) is 0 Å².